The molecule has 2 fully saturated rings. The molecule has 0 spiro atoms. The third-order valence-corrected chi connectivity index (χ3v) is 5.74. The smallest absolute Gasteiger partial charge is 0.212 e. The predicted octanol–water partition coefficient (Wildman–Crippen LogP) is 3.87. The minimum absolute atomic E-state index is 0.315. The second kappa shape index (κ2) is 7.73. The Morgan fingerprint density at radius 1 is 1.29 bits per heavy atom. The molecule has 160 valence electrons. The fraction of sp³-hybridized carbons (Fsp3) is 0.364. The number of H-pyrrole nitrogens is 1. The second-order valence-electron chi connectivity index (χ2n) is 8.24. The summed E-state index contributed by atoms with van der Waals surface area (Å²) >= 11 is 0. The summed E-state index contributed by atoms with van der Waals surface area (Å²) < 4.78 is 17.1. The summed E-state index contributed by atoms with van der Waals surface area (Å²) in [6.07, 6.45) is 13.8. The quantitative estimate of drug-likeness (QED) is 0.423. The van der Waals surface area contributed by atoms with Gasteiger partial charge in [-0.3, -0.25) is 14.9 Å². The van der Waals surface area contributed by atoms with Crippen molar-refractivity contribution in [3.8, 4) is 11.3 Å². The topological polar surface area (TPSA) is 114 Å². The zero-order valence-electron chi connectivity index (χ0n) is 17.2. The van der Waals surface area contributed by atoms with Crippen LogP contribution in [0.25, 0.3) is 27.8 Å². The van der Waals surface area contributed by atoms with Gasteiger partial charge < -0.3 is 15.5 Å². The van der Waals surface area contributed by atoms with Crippen molar-refractivity contribution in [2.75, 3.05) is 5.32 Å². The van der Waals surface area contributed by atoms with Gasteiger partial charge in [-0.2, -0.15) is 5.10 Å². The Morgan fingerprint density at radius 2 is 2.06 bits per heavy atom. The lowest BCUT2D eigenvalue weighted by Crippen LogP contribution is -2.16. The van der Waals surface area contributed by atoms with Crippen LogP contribution in [0.4, 0.5) is 10.2 Å². The number of nitrogens with one attached hydrogen (secondary N) is 2. The Kier molecular flexibility index (Phi) is 4.90. The minimum atomic E-state index is -0.350. The molecule has 2 saturated carbocycles. The Hall–Kier alpha value is -3.33. The van der Waals surface area contributed by atoms with E-state index in [2.05, 4.69) is 25.5 Å². The zero-order valence-corrected chi connectivity index (χ0v) is 17.2. The van der Waals surface area contributed by atoms with E-state index in [4.69, 9.17) is 5.73 Å². The van der Waals surface area contributed by atoms with Crippen molar-refractivity contribution in [2.24, 2.45) is 11.7 Å². The van der Waals surface area contributed by atoms with Gasteiger partial charge in [0.05, 0.1) is 29.8 Å². The molecule has 2 aliphatic rings. The molecule has 6 rings (SSSR count). The van der Waals surface area contributed by atoms with Crippen LogP contribution in [0.5, 0.6) is 0 Å². The van der Waals surface area contributed by atoms with Crippen LogP contribution in [0.3, 0.4) is 0 Å². The van der Waals surface area contributed by atoms with Crippen molar-refractivity contribution < 1.29 is 9.18 Å². The van der Waals surface area contributed by atoms with Crippen molar-refractivity contribution in [3.63, 3.8) is 0 Å². The van der Waals surface area contributed by atoms with Gasteiger partial charge in [-0.05, 0) is 31.2 Å². The number of fused-ring (bicyclic) bond motifs is 2. The van der Waals surface area contributed by atoms with E-state index in [0.29, 0.717) is 51.7 Å². The molecule has 0 radical (unpaired) electrons. The summed E-state index contributed by atoms with van der Waals surface area (Å²) in [7, 11) is 0. The first-order valence-electron chi connectivity index (χ1n) is 10.5. The fourth-order valence-electron chi connectivity index (χ4n) is 3.80. The molecule has 9 heteroatoms. The standard InChI is InChI=1S/C19H18FN7O.C3H6/c1-9-15(12-6-27-7-13(23-8-28)25-14(27)5-22-12)11-4-24-26-19(11)16(17(9)20)18(21)10-2-3-10;1-2-3-1/h4-8,10,18H,2-3,21H2,1H3,(H,23,28)(H,24,26);1-3H2. The van der Waals surface area contributed by atoms with Crippen molar-refractivity contribution in [1.29, 1.82) is 0 Å². The van der Waals surface area contributed by atoms with Gasteiger partial charge in [-0.1, -0.05) is 19.3 Å². The van der Waals surface area contributed by atoms with E-state index < -0.39 is 0 Å². The number of carbonyl (C=O) groups is 1. The predicted molar refractivity (Wildman–Crippen MR) is 116 cm³/mol. The van der Waals surface area contributed by atoms with E-state index >= 15 is 4.39 Å². The van der Waals surface area contributed by atoms with Crippen molar-refractivity contribution in [3.05, 3.63) is 41.7 Å². The summed E-state index contributed by atoms with van der Waals surface area (Å²) in [5, 5.41) is 10.4. The number of carbonyl (C=O) groups excluding carboxylic acids is 1. The summed E-state index contributed by atoms with van der Waals surface area (Å²) in [6, 6.07) is -0.350. The molecule has 1 unspecified atom stereocenters. The van der Waals surface area contributed by atoms with Crippen LogP contribution in [0.1, 0.15) is 49.3 Å². The van der Waals surface area contributed by atoms with E-state index in [1.54, 1.807) is 36.1 Å². The molecule has 1 atom stereocenters. The monoisotopic (exact) mass is 421 g/mol. The van der Waals surface area contributed by atoms with Crippen molar-refractivity contribution in [2.45, 2.75) is 45.1 Å². The molecule has 8 nitrogen and oxygen atoms in total. The SMILES string of the molecule is C1CC1.Cc1c(F)c(C(N)C2CC2)c2[nH]ncc2c1-c1cn2cc(NC=O)nc2cn1. The summed E-state index contributed by atoms with van der Waals surface area (Å²) in [5.41, 5.74) is 9.75. The van der Waals surface area contributed by atoms with Gasteiger partial charge in [0.2, 0.25) is 6.41 Å². The molecule has 0 saturated heterocycles. The highest BCUT2D eigenvalue weighted by Crippen LogP contribution is 2.44. The molecule has 2 aliphatic carbocycles. The number of nitrogens with zero attached hydrogens (tertiary/aromatic N) is 4. The Bertz CT molecular complexity index is 1270. The third-order valence-electron chi connectivity index (χ3n) is 5.74. The second-order valence-corrected chi connectivity index (χ2v) is 8.24. The van der Waals surface area contributed by atoms with Crippen LogP contribution in [0.2, 0.25) is 0 Å². The lowest BCUT2D eigenvalue weighted by atomic mass is 9.92. The summed E-state index contributed by atoms with van der Waals surface area (Å²) in [6.45, 7) is 1.74. The molecule has 3 heterocycles. The highest BCUT2D eigenvalue weighted by molar-refractivity contribution is 5.97. The Morgan fingerprint density at radius 3 is 2.74 bits per heavy atom. The number of nitrogens with two attached hydrogens (primary N) is 1. The number of rotatable bonds is 5. The zero-order chi connectivity index (χ0) is 21.5. The maximum atomic E-state index is 15.4. The number of hydrogen-bond donors (Lipinski definition) is 3. The van der Waals surface area contributed by atoms with Crippen molar-refractivity contribution in [1.82, 2.24) is 24.6 Å². The minimum Gasteiger partial charge on any atom is -0.324 e. The maximum absolute atomic E-state index is 15.4. The molecule has 3 aromatic heterocycles. The van der Waals surface area contributed by atoms with Crippen LogP contribution in [0.15, 0.2) is 24.8 Å². The van der Waals surface area contributed by atoms with Gasteiger partial charge in [0, 0.05) is 28.8 Å². The molecule has 4 N–H and O–H groups in total. The average Bonchev–Trinajstić information content (AvgIpc) is 3.69. The van der Waals surface area contributed by atoms with E-state index in [-0.39, 0.29) is 11.9 Å². The van der Waals surface area contributed by atoms with Crippen LogP contribution < -0.4 is 11.1 Å². The molecular formula is C22H24FN7O. The molecule has 1 aromatic carbocycles. The fourth-order valence-corrected chi connectivity index (χ4v) is 3.80. The number of amides is 1. The van der Waals surface area contributed by atoms with E-state index in [1.807, 2.05) is 0 Å². The average molecular weight is 421 g/mol. The van der Waals surface area contributed by atoms with Gasteiger partial charge >= 0.3 is 0 Å². The molecule has 31 heavy (non-hydrogen) atoms. The van der Waals surface area contributed by atoms with Gasteiger partial charge in [0.1, 0.15) is 5.82 Å². The van der Waals surface area contributed by atoms with E-state index in [9.17, 15) is 4.79 Å². The largest absolute Gasteiger partial charge is 0.324 e. The number of hydrogen-bond acceptors (Lipinski definition) is 5. The normalized spacial score (nSPS) is 16.1. The number of aromatic nitrogens is 5. The Labute approximate surface area is 178 Å². The van der Waals surface area contributed by atoms with Gasteiger partial charge in [-0.15, -0.1) is 0 Å². The van der Waals surface area contributed by atoms with Crippen molar-refractivity contribution >= 4 is 28.8 Å². The number of benzene rings is 1. The summed E-state index contributed by atoms with van der Waals surface area (Å²) in [4.78, 5) is 19.3. The molecular weight excluding hydrogens is 397 g/mol. The molecule has 1 amide bonds. The summed E-state index contributed by atoms with van der Waals surface area (Å²) in [5.74, 6) is 0.411. The van der Waals surface area contributed by atoms with Crippen LogP contribution in [0, 0.1) is 18.7 Å². The Balaban J connectivity index is 0.000000628. The first-order chi connectivity index (χ1) is 15.1. The first-order valence-corrected chi connectivity index (χ1v) is 10.5. The van der Waals surface area contributed by atoms with Crippen LogP contribution >= 0.6 is 0 Å². The number of imidazole rings is 1. The van der Waals surface area contributed by atoms with Gasteiger partial charge in [0.25, 0.3) is 0 Å². The van der Waals surface area contributed by atoms with Crippen LogP contribution in [-0.2, 0) is 4.79 Å². The molecule has 4 aromatic rings. The maximum Gasteiger partial charge on any atom is 0.212 e. The number of anilines is 1. The molecule has 0 bridgehead atoms. The van der Waals surface area contributed by atoms with E-state index in [1.165, 1.54) is 19.3 Å². The first kappa shape index (κ1) is 19.6. The highest BCUT2D eigenvalue weighted by atomic mass is 19.1. The third kappa shape index (κ3) is 3.65. The van der Waals surface area contributed by atoms with Gasteiger partial charge in [0.15, 0.2) is 11.5 Å². The lowest BCUT2D eigenvalue weighted by Gasteiger charge is -2.17. The lowest BCUT2D eigenvalue weighted by molar-refractivity contribution is -0.105. The molecule has 0 aliphatic heterocycles. The highest BCUT2D eigenvalue weighted by Gasteiger charge is 2.34. The van der Waals surface area contributed by atoms with Gasteiger partial charge in [-0.25, -0.2) is 9.37 Å². The number of halogens is 1. The number of aromatic amines is 1. The van der Waals surface area contributed by atoms with Crippen LogP contribution in [-0.4, -0.2) is 31.0 Å². The van der Waals surface area contributed by atoms with E-state index in [0.717, 1.165) is 18.2 Å².